The second-order valence-corrected chi connectivity index (χ2v) is 5.40. The molecule has 1 saturated heterocycles. The molecule has 0 aliphatic carbocycles. The lowest BCUT2D eigenvalue weighted by molar-refractivity contribution is 0.0967. The maximum absolute atomic E-state index is 6.40. The minimum atomic E-state index is 0.0990. The molecule has 3 atom stereocenters. The van der Waals surface area contributed by atoms with E-state index in [-0.39, 0.29) is 12.1 Å². The van der Waals surface area contributed by atoms with Gasteiger partial charge < -0.3 is 15.2 Å². The van der Waals surface area contributed by atoms with Gasteiger partial charge in [-0.15, -0.1) is 0 Å². The molecule has 0 aromatic heterocycles. The molecular weight excluding hydrogens is 252 g/mol. The topological polar surface area (TPSA) is 47.7 Å². The van der Waals surface area contributed by atoms with Crippen LogP contribution < -0.4 is 10.5 Å². The van der Waals surface area contributed by atoms with Crippen LogP contribution in [0.5, 0.6) is 5.75 Å². The van der Waals surface area contributed by atoms with E-state index in [1.165, 1.54) is 5.56 Å². The zero-order valence-electron chi connectivity index (χ0n) is 12.7. The van der Waals surface area contributed by atoms with E-state index >= 15 is 0 Å². The van der Waals surface area contributed by atoms with Crippen LogP contribution in [0.1, 0.15) is 31.4 Å². The van der Waals surface area contributed by atoms with Crippen molar-refractivity contribution in [2.24, 2.45) is 5.73 Å². The number of hydrogen-bond acceptors (Lipinski definition) is 4. The highest BCUT2D eigenvalue weighted by Gasteiger charge is 2.33. The Hall–Kier alpha value is -1.10. The normalized spacial score (nSPS) is 22.7. The lowest BCUT2D eigenvalue weighted by Crippen LogP contribution is -2.40. The van der Waals surface area contributed by atoms with Crippen LogP contribution in [0.3, 0.4) is 0 Å². The van der Waals surface area contributed by atoms with E-state index in [0.29, 0.717) is 6.10 Å². The smallest absolute Gasteiger partial charge is 0.123 e. The van der Waals surface area contributed by atoms with Gasteiger partial charge in [0.05, 0.1) is 19.3 Å². The summed E-state index contributed by atoms with van der Waals surface area (Å²) in [5, 5.41) is 0. The van der Waals surface area contributed by atoms with Gasteiger partial charge in [0.25, 0.3) is 0 Å². The Labute approximate surface area is 121 Å². The van der Waals surface area contributed by atoms with Crippen LogP contribution in [-0.2, 0) is 4.74 Å². The van der Waals surface area contributed by atoms with Crippen molar-refractivity contribution in [3.05, 3.63) is 29.8 Å². The van der Waals surface area contributed by atoms with Crippen molar-refractivity contribution in [3.8, 4) is 5.75 Å². The van der Waals surface area contributed by atoms with Gasteiger partial charge in [0.2, 0.25) is 0 Å². The van der Waals surface area contributed by atoms with Gasteiger partial charge in [-0.05, 0) is 18.9 Å². The first-order valence-corrected chi connectivity index (χ1v) is 7.36. The molecule has 2 N–H and O–H groups in total. The Morgan fingerprint density at radius 2 is 2.10 bits per heavy atom. The molecule has 1 aromatic rings. The molecule has 2 rings (SSSR count). The standard InChI is InChI=1S/C16H26N2O2/c1-4-14(17)16(18-10-9-12(11-18)19-2)13-7-5-6-8-15(13)20-3/h5-8,12,14,16H,4,9-11,17H2,1-3H3. The Morgan fingerprint density at radius 3 is 2.70 bits per heavy atom. The lowest BCUT2D eigenvalue weighted by atomic mass is 9.95. The number of benzene rings is 1. The summed E-state index contributed by atoms with van der Waals surface area (Å²) in [6, 6.07) is 8.47. The fraction of sp³-hybridized carbons (Fsp3) is 0.625. The Morgan fingerprint density at radius 1 is 1.35 bits per heavy atom. The van der Waals surface area contributed by atoms with Crippen molar-refractivity contribution in [1.29, 1.82) is 0 Å². The molecule has 1 aromatic carbocycles. The fourth-order valence-corrected chi connectivity index (χ4v) is 3.03. The average molecular weight is 278 g/mol. The molecule has 0 radical (unpaired) electrons. The first-order chi connectivity index (χ1) is 9.71. The molecule has 1 fully saturated rings. The van der Waals surface area contributed by atoms with Gasteiger partial charge in [0, 0.05) is 31.8 Å². The van der Waals surface area contributed by atoms with Gasteiger partial charge in [-0.2, -0.15) is 0 Å². The van der Waals surface area contributed by atoms with Crippen molar-refractivity contribution in [2.75, 3.05) is 27.3 Å². The third-order valence-corrected chi connectivity index (χ3v) is 4.24. The Bertz CT molecular complexity index is 425. The highest BCUT2D eigenvalue weighted by Crippen LogP contribution is 2.34. The maximum Gasteiger partial charge on any atom is 0.123 e. The Balaban J connectivity index is 2.28. The maximum atomic E-state index is 6.40. The van der Waals surface area contributed by atoms with Gasteiger partial charge in [-0.25, -0.2) is 0 Å². The summed E-state index contributed by atoms with van der Waals surface area (Å²) in [4.78, 5) is 2.43. The molecule has 4 heteroatoms. The van der Waals surface area contributed by atoms with Crippen LogP contribution in [0.4, 0.5) is 0 Å². The van der Waals surface area contributed by atoms with Crippen LogP contribution >= 0.6 is 0 Å². The molecule has 112 valence electrons. The summed E-state index contributed by atoms with van der Waals surface area (Å²) in [7, 11) is 3.50. The van der Waals surface area contributed by atoms with Gasteiger partial charge in [-0.1, -0.05) is 25.1 Å². The van der Waals surface area contributed by atoms with E-state index in [9.17, 15) is 0 Å². The largest absolute Gasteiger partial charge is 0.496 e. The van der Waals surface area contributed by atoms with E-state index in [1.54, 1.807) is 14.2 Å². The highest BCUT2D eigenvalue weighted by molar-refractivity contribution is 5.37. The summed E-state index contributed by atoms with van der Waals surface area (Å²) in [6.45, 7) is 4.10. The first-order valence-electron chi connectivity index (χ1n) is 7.36. The summed E-state index contributed by atoms with van der Waals surface area (Å²) in [6.07, 6.45) is 2.33. The van der Waals surface area contributed by atoms with Crippen LogP contribution in [0.15, 0.2) is 24.3 Å². The molecule has 1 aliphatic heterocycles. The van der Waals surface area contributed by atoms with E-state index in [1.807, 2.05) is 12.1 Å². The Kier molecular flexibility index (Phi) is 5.40. The number of ether oxygens (including phenoxy) is 2. The van der Waals surface area contributed by atoms with E-state index in [0.717, 1.165) is 31.7 Å². The van der Waals surface area contributed by atoms with Crippen molar-refractivity contribution in [1.82, 2.24) is 4.90 Å². The molecular formula is C16H26N2O2. The van der Waals surface area contributed by atoms with Gasteiger partial charge in [0.1, 0.15) is 5.75 Å². The number of methoxy groups -OCH3 is 2. The van der Waals surface area contributed by atoms with E-state index in [2.05, 4.69) is 24.0 Å². The number of hydrogen-bond donors (Lipinski definition) is 1. The zero-order chi connectivity index (χ0) is 14.5. The first kappa shape index (κ1) is 15.3. The second kappa shape index (κ2) is 7.07. The molecule has 0 bridgehead atoms. The van der Waals surface area contributed by atoms with E-state index < -0.39 is 0 Å². The summed E-state index contributed by atoms with van der Waals surface area (Å²) in [5.74, 6) is 0.919. The van der Waals surface area contributed by atoms with Crippen LogP contribution in [0, 0.1) is 0 Å². The van der Waals surface area contributed by atoms with E-state index in [4.69, 9.17) is 15.2 Å². The van der Waals surface area contributed by atoms with Gasteiger partial charge in [-0.3, -0.25) is 4.90 Å². The molecule has 0 spiro atoms. The van der Waals surface area contributed by atoms with Crippen LogP contribution in [0.25, 0.3) is 0 Å². The minimum Gasteiger partial charge on any atom is -0.496 e. The number of nitrogens with two attached hydrogens (primary N) is 1. The third-order valence-electron chi connectivity index (χ3n) is 4.24. The molecule has 1 aliphatic rings. The van der Waals surface area contributed by atoms with Gasteiger partial charge in [0.15, 0.2) is 0 Å². The summed E-state index contributed by atoms with van der Waals surface area (Å²) in [5.41, 5.74) is 7.58. The SMILES string of the molecule is CCC(N)C(c1ccccc1OC)N1CCC(OC)C1. The lowest BCUT2D eigenvalue weighted by Gasteiger charge is -2.33. The third kappa shape index (κ3) is 3.14. The predicted molar refractivity (Wildman–Crippen MR) is 81.0 cm³/mol. The molecule has 20 heavy (non-hydrogen) atoms. The van der Waals surface area contributed by atoms with Crippen LogP contribution in [0.2, 0.25) is 0 Å². The molecule has 3 unspecified atom stereocenters. The molecule has 0 amide bonds. The summed E-state index contributed by atoms with van der Waals surface area (Å²) >= 11 is 0. The zero-order valence-corrected chi connectivity index (χ0v) is 12.7. The predicted octanol–water partition coefficient (Wildman–Crippen LogP) is 2.19. The quantitative estimate of drug-likeness (QED) is 0.866. The fourth-order valence-electron chi connectivity index (χ4n) is 3.03. The second-order valence-electron chi connectivity index (χ2n) is 5.40. The highest BCUT2D eigenvalue weighted by atomic mass is 16.5. The molecule has 1 heterocycles. The minimum absolute atomic E-state index is 0.0990. The van der Waals surface area contributed by atoms with Crippen LogP contribution in [-0.4, -0.2) is 44.4 Å². The van der Waals surface area contributed by atoms with Gasteiger partial charge >= 0.3 is 0 Å². The van der Waals surface area contributed by atoms with Crippen molar-refractivity contribution in [2.45, 2.75) is 38.0 Å². The number of likely N-dealkylation sites (tertiary alicyclic amines) is 1. The number of para-hydroxylation sites is 1. The average Bonchev–Trinajstić information content (AvgIpc) is 2.96. The monoisotopic (exact) mass is 278 g/mol. The van der Waals surface area contributed by atoms with Crippen molar-refractivity contribution in [3.63, 3.8) is 0 Å². The molecule has 0 saturated carbocycles. The van der Waals surface area contributed by atoms with Crippen molar-refractivity contribution < 1.29 is 9.47 Å². The summed E-state index contributed by atoms with van der Waals surface area (Å²) < 4.78 is 11.0. The van der Waals surface area contributed by atoms with Crippen molar-refractivity contribution >= 4 is 0 Å². The number of rotatable bonds is 6. The molecule has 4 nitrogen and oxygen atoms in total. The number of nitrogens with zero attached hydrogens (tertiary/aromatic N) is 1.